The summed E-state index contributed by atoms with van der Waals surface area (Å²) in [5.74, 6) is -0.461. The molecule has 1 aromatic carbocycles. The maximum absolute atomic E-state index is 10.6. The molecular formula is C10H9N3O. The molecule has 0 aliphatic carbocycles. The Hall–Kier alpha value is -2.10. The van der Waals surface area contributed by atoms with Gasteiger partial charge in [-0.25, -0.2) is 4.98 Å². The smallest absolute Gasteiger partial charge is 0.241 e. The minimum absolute atomic E-state index is 0.461. The second kappa shape index (κ2) is 3.33. The van der Waals surface area contributed by atoms with Crippen molar-refractivity contribution in [1.29, 1.82) is 0 Å². The number of aromatic nitrogens is 2. The molecule has 0 aliphatic rings. The lowest BCUT2D eigenvalue weighted by Crippen LogP contribution is -2.05. The van der Waals surface area contributed by atoms with Crippen molar-refractivity contribution in [3.63, 3.8) is 0 Å². The number of nitrogens with zero attached hydrogens (tertiary/aromatic N) is 1. The molecule has 0 fully saturated rings. The Kier molecular flexibility index (Phi) is 2.02. The summed E-state index contributed by atoms with van der Waals surface area (Å²) in [5.41, 5.74) is 7.66. The van der Waals surface area contributed by atoms with Gasteiger partial charge in [0.15, 0.2) is 0 Å². The number of hydrogen-bond donors (Lipinski definition) is 2. The fraction of sp³-hybridized carbons (Fsp3) is 0. The summed E-state index contributed by atoms with van der Waals surface area (Å²) in [7, 11) is 0. The normalized spacial score (nSPS) is 11.1. The van der Waals surface area contributed by atoms with Crippen molar-refractivity contribution in [2.45, 2.75) is 0 Å². The van der Waals surface area contributed by atoms with Crippen LogP contribution in [0.2, 0.25) is 0 Å². The third-order valence-electron chi connectivity index (χ3n) is 1.91. The van der Waals surface area contributed by atoms with Gasteiger partial charge in [-0.05, 0) is 12.1 Å². The van der Waals surface area contributed by atoms with E-state index >= 15 is 0 Å². The molecule has 0 aliphatic heterocycles. The molecule has 1 amide bonds. The largest absolute Gasteiger partial charge is 0.366 e. The van der Waals surface area contributed by atoms with E-state index in [0.717, 1.165) is 16.6 Å². The van der Waals surface area contributed by atoms with E-state index in [0.29, 0.717) is 0 Å². The summed E-state index contributed by atoms with van der Waals surface area (Å²) in [5, 5.41) is 0. The first-order valence-corrected chi connectivity index (χ1v) is 4.17. The molecule has 1 aromatic heterocycles. The molecule has 0 radical (unpaired) electrons. The van der Waals surface area contributed by atoms with Crippen molar-refractivity contribution < 1.29 is 4.79 Å². The third kappa shape index (κ3) is 1.50. The number of para-hydroxylation sites is 1. The topological polar surface area (TPSA) is 71.8 Å². The zero-order valence-electron chi connectivity index (χ0n) is 7.40. The number of nitrogens with two attached hydrogens (primary N) is 1. The first-order chi connectivity index (χ1) is 6.77. The van der Waals surface area contributed by atoms with Crippen LogP contribution in [0.1, 0.15) is 5.56 Å². The SMILES string of the molecule is NC(=O)C=Cc1cccc2[nH]cnc12. The summed E-state index contributed by atoms with van der Waals surface area (Å²) < 4.78 is 0. The molecule has 2 rings (SSSR count). The van der Waals surface area contributed by atoms with Gasteiger partial charge < -0.3 is 10.7 Å². The van der Waals surface area contributed by atoms with E-state index < -0.39 is 5.91 Å². The number of benzene rings is 1. The Bertz CT molecular complexity index is 499. The molecule has 4 heteroatoms. The quantitative estimate of drug-likeness (QED) is 0.690. The molecular weight excluding hydrogens is 178 g/mol. The van der Waals surface area contributed by atoms with Crippen molar-refractivity contribution in [1.82, 2.24) is 9.97 Å². The monoisotopic (exact) mass is 187 g/mol. The molecule has 2 aromatic rings. The number of fused-ring (bicyclic) bond motifs is 1. The number of nitrogens with one attached hydrogen (secondary N) is 1. The van der Waals surface area contributed by atoms with E-state index in [4.69, 9.17) is 5.73 Å². The van der Waals surface area contributed by atoms with Gasteiger partial charge in [0.05, 0.1) is 17.4 Å². The summed E-state index contributed by atoms with van der Waals surface area (Å²) in [6, 6.07) is 5.69. The molecule has 14 heavy (non-hydrogen) atoms. The molecule has 0 saturated heterocycles. The highest BCUT2D eigenvalue weighted by Crippen LogP contribution is 2.15. The number of primary amides is 1. The van der Waals surface area contributed by atoms with Crippen LogP contribution in [-0.2, 0) is 4.79 Å². The lowest BCUT2D eigenvalue weighted by molar-refractivity contribution is -0.113. The standard InChI is InChI=1S/C10H9N3O/c11-9(14)5-4-7-2-1-3-8-10(7)13-6-12-8/h1-6H,(H2,11,14)(H,12,13). The lowest BCUT2D eigenvalue weighted by Gasteiger charge is -1.93. The van der Waals surface area contributed by atoms with Gasteiger partial charge in [-0.15, -0.1) is 0 Å². The summed E-state index contributed by atoms with van der Waals surface area (Å²) in [6.45, 7) is 0. The number of carbonyl (C=O) groups excluding carboxylic acids is 1. The van der Waals surface area contributed by atoms with Crippen LogP contribution in [0, 0.1) is 0 Å². The second-order valence-corrected chi connectivity index (χ2v) is 2.88. The van der Waals surface area contributed by atoms with Gasteiger partial charge in [0.25, 0.3) is 0 Å². The minimum Gasteiger partial charge on any atom is -0.366 e. The van der Waals surface area contributed by atoms with E-state index in [1.807, 2.05) is 18.2 Å². The zero-order valence-corrected chi connectivity index (χ0v) is 7.40. The van der Waals surface area contributed by atoms with Crippen molar-refractivity contribution in [3.05, 3.63) is 36.2 Å². The van der Waals surface area contributed by atoms with Crippen LogP contribution >= 0.6 is 0 Å². The predicted octanol–water partition coefficient (Wildman–Crippen LogP) is 1.06. The second-order valence-electron chi connectivity index (χ2n) is 2.88. The number of aromatic amines is 1. The average Bonchev–Trinajstić information content (AvgIpc) is 2.62. The number of imidazole rings is 1. The maximum atomic E-state index is 10.6. The van der Waals surface area contributed by atoms with E-state index in [-0.39, 0.29) is 0 Å². The van der Waals surface area contributed by atoms with Crippen LogP contribution in [0.25, 0.3) is 17.1 Å². The lowest BCUT2D eigenvalue weighted by atomic mass is 10.1. The fourth-order valence-electron chi connectivity index (χ4n) is 1.29. The van der Waals surface area contributed by atoms with Crippen LogP contribution in [0.5, 0.6) is 0 Å². The molecule has 1 heterocycles. The highest BCUT2D eigenvalue weighted by atomic mass is 16.1. The zero-order chi connectivity index (χ0) is 9.97. The molecule has 0 atom stereocenters. The molecule has 0 bridgehead atoms. The first kappa shape index (κ1) is 8.50. The number of hydrogen-bond acceptors (Lipinski definition) is 2. The summed E-state index contributed by atoms with van der Waals surface area (Å²) in [4.78, 5) is 17.7. The van der Waals surface area contributed by atoms with Gasteiger partial charge in [-0.3, -0.25) is 4.79 Å². The maximum Gasteiger partial charge on any atom is 0.241 e. The van der Waals surface area contributed by atoms with Crippen LogP contribution in [-0.4, -0.2) is 15.9 Å². The minimum atomic E-state index is -0.461. The van der Waals surface area contributed by atoms with Crippen LogP contribution < -0.4 is 5.73 Å². The van der Waals surface area contributed by atoms with Crippen molar-refractivity contribution in [3.8, 4) is 0 Å². The Morgan fingerprint density at radius 3 is 3.14 bits per heavy atom. The predicted molar refractivity (Wildman–Crippen MR) is 54.3 cm³/mol. The van der Waals surface area contributed by atoms with E-state index in [1.165, 1.54) is 6.08 Å². The summed E-state index contributed by atoms with van der Waals surface area (Å²) >= 11 is 0. The number of carbonyl (C=O) groups is 1. The molecule has 0 spiro atoms. The average molecular weight is 187 g/mol. The van der Waals surface area contributed by atoms with Crippen molar-refractivity contribution >= 4 is 23.0 Å². The van der Waals surface area contributed by atoms with Gasteiger partial charge in [-0.1, -0.05) is 12.1 Å². The van der Waals surface area contributed by atoms with Crippen LogP contribution in [0.4, 0.5) is 0 Å². The van der Waals surface area contributed by atoms with Gasteiger partial charge in [0.2, 0.25) is 5.91 Å². The summed E-state index contributed by atoms with van der Waals surface area (Å²) in [6.07, 6.45) is 4.60. The Labute approximate surface area is 80.4 Å². The molecule has 70 valence electrons. The van der Waals surface area contributed by atoms with E-state index in [1.54, 1.807) is 12.4 Å². The van der Waals surface area contributed by atoms with Crippen molar-refractivity contribution in [2.75, 3.05) is 0 Å². The Morgan fingerprint density at radius 1 is 1.50 bits per heavy atom. The molecule has 4 nitrogen and oxygen atoms in total. The molecule has 0 unspecified atom stereocenters. The fourth-order valence-corrected chi connectivity index (χ4v) is 1.29. The van der Waals surface area contributed by atoms with Gasteiger partial charge >= 0.3 is 0 Å². The Morgan fingerprint density at radius 2 is 2.36 bits per heavy atom. The van der Waals surface area contributed by atoms with E-state index in [2.05, 4.69) is 9.97 Å². The highest BCUT2D eigenvalue weighted by Gasteiger charge is 1.99. The number of H-pyrrole nitrogens is 1. The van der Waals surface area contributed by atoms with Crippen molar-refractivity contribution in [2.24, 2.45) is 5.73 Å². The van der Waals surface area contributed by atoms with Gasteiger partial charge in [-0.2, -0.15) is 0 Å². The first-order valence-electron chi connectivity index (χ1n) is 4.17. The van der Waals surface area contributed by atoms with Crippen LogP contribution in [0.3, 0.4) is 0 Å². The third-order valence-corrected chi connectivity index (χ3v) is 1.91. The highest BCUT2D eigenvalue weighted by molar-refractivity contribution is 5.93. The number of rotatable bonds is 2. The van der Waals surface area contributed by atoms with Gasteiger partial charge in [0, 0.05) is 11.6 Å². The molecule has 0 saturated carbocycles. The van der Waals surface area contributed by atoms with Gasteiger partial charge in [0.1, 0.15) is 0 Å². The molecule has 3 N–H and O–H groups in total. The van der Waals surface area contributed by atoms with E-state index in [9.17, 15) is 4.79 Å². The Balaban J connectivity index is 2.51. The van der Waals surface area contributed by atoms with Crippen LogP contribution in [0.15, 0.2) is 30.6 Å². The number of amides is 1.